The Kier molecular flexibility index (Phi) is 3.74. The summed E-state index contributed by atoms with van der Waals surface area (Å²) in [7, 11) is 0. The molecule has 0 radical (unpaired) electrons. The van der Waals surface area contributed by atoms with Gasteiger partial charge in [0, 0.05) is 18.7 Å². The van der Waals surface area contributed by atoms with Crippen LogP contribution in [0.5, 0.6) is 0 Å². The molecule has 0 spiro atoms. The van der Waals surface area contributed by atoms with Crippen LogP contribution in [0.4, 0.5) is 4.39 Å². The maximum Gasteiger partial charge on any atom is 0.233 e. The monoisotopic (exact) mass is 277 g/mol. The fourth-order valence-corrected chi connectivity index (χ4v) is 3.50. The van der Waals surface area contributed by atoms with Gasteiger partial charge in [-0.1, -0.05) is 31.0 Å². The summed E-state index contributed by atoms with van der Waals surface area (Å²) in [6.45, 7) is 2.41. The van der Waals surface area contributed by atoms with Crippen LogP contribution in [0.3, 0.4) is 0 Å². The summed E-state index contributed by atoms with van der Waals surface area (Å²) in [5, 5.41) is 0. The minimum Gasteiger partial charge on any atom is -0.378 e. The number of hydrogen-bond acceptors (Lipinski definition) is 2. The Balaban J connectivity index is 1.95. The minimum absolute atomic E-state index is 0.0865. The molecule has 1 aliphatic heterocycles. The third-order valence-corrected chi connectivity index (χ3v) is 4.55. The number of ether oxygens (including phenoxy) is 1. The van der Waals surface area contributed by atoms with Gasteiger partial charge in [-0.25, -0.2) is 4.39 Å². The molecule has 1 saturated heterocycles. The van der Waals surface area contributed by atoms with E-state index in [0.29, 0.717) is 31.9 Å². The third-order valence-electron chi connectivity index (χ3n) is 4.55. The first-order valence-corrected chi connectivity index (χ1v) is 7.36. The molecule has 20 heavy (non-hydrogen) atoms. The molecule has 1 aromatic rings. The van der Waals surface area contributed by atoms with Gasteiger partial charge in [0.2, 0.25) is 5.91 Å². The quantitative estimate of drug-likeness (QED) is 0.831. The number of morpholine rings is 1. The molecule has 1 saturated carbocycles. The molecule has 4 heteroatoms. The number of halogens is 1. The lowest BCUT2D eigenvalue weighted by Gasteiger charge is -2.36. The molecule has 1 aliphatic carbocycles. The summed E-state index contributed by atoms with van der Waals surface area (Å²) < 4.78 is 19.5. The van der Waals surface area contributed by atoms with E-state index in [2.05, 4.69) is 0 Å². The van der Waals surface area contributed by atoms with Crippen molar-refractivity contribution in [3.8, 4) is 0 Å². The number of benzene rings is 1. The van der Waals surface area contributed by atoms with Gasteiger partial charge in [-0.05, 0) is 18.9 Å². The molecule has 0 bridgehead atoms. The van der Waals surface area contributed by atoms with Gasteiger partial charge in [-0.3, -0.25) is 4.79 Å². The van der Waals surface area contributed by atoms with Crippen LogP contribution in [-0.2, 0) is 14.9 Å². The molecule has 0 atom stereocenters. The second kappa shape index (κ2) is 5.52. The van der Waals surface area contributed by atoms with E-state index in [1.165, 1.54) is 6.07 Å². The molecule has 3 nitrogen and oxygen atoms in total. The van der Waals surface area contributed by atoms with Crippen LogP contribution in [0, 0.1) is 5.82 Å². The number of carbonyl (C=O) groups excluding carboxylic acids is 1. The first kappa shape index (κ1) is 13.6. The highest BCUT2D eigenvalue weighted by Crippen LogP contribution is 2.43. The van der Waals surface area contributed by atoms with Crippen LogP contribution in [0.25, 0.3) is 0 Å². The fourth-order valence-electron chi connectivity index (χ4n) is 3.50. The van der Waals surface area contributed by atoms with Crippen molar-refractivity contribution in [1.82, 2.24) is 4.90 Å². The molecule has 1 heterocycles. The number of amides is 1. The zero-order valence-electron chi connectivity index (χ0n) is 11.6. The Bertz CT molecular complexity index is 491. The second-order valence-corrected chi connectivity index (χ2v) is 5.67. The van der Waals surface area contributed by atoms with E-state index in [-0.39, 0.29) is 11.7 Å². The Morgan fingerprint density at radius 2 is 1.80 bits per heavy atom. The molecule has 0 N–H and O–H groups in total. The molecule has 2 fully saturated rings. The molecule has 2 aliphatic rings. The lowest BCUT2D eigenvalue weighted by molar-refractivity contribution is -0.141. The predicted octanol–water partition coefficient (Wildman–Crippen LogP) is 2.50. The maximum atomic E-state index is 14.2. The van der Waals surface area contributed by atoms with Gasteiger partial charge in [-0.15, -0.1) is 0 Å². The average Bonchev–Trinajstić information content (AvgIpc) is 2.98. The van der Waals surface area contributed by atoms with E-state index < -0.39 is 5.41 Å². The summed E-state index contributed by atoms with van der Waals surface area (Å²) in [4.78, 5) is 14.8. The van der Waals surface area contributed by atoms with Crippen molar-refractivity contribution in [2.75, 3.05) is 26.3 Å². The van der Waals surface area contributed by atoms with E-state index in [1.807, 2.05) is 11.0 Å². The number of rotatable bonds is 2. The van der Waals surface area contributed by atoms with E-state index >= 15 is 0 Å². The Labute approximate surface area is 118 Å². The summed E-state index contributed by atoms with van der Waals surface area (Å²) in [6.07, 6.45) is 3.49. The largest absolute Gasteiger partial charge is 0.378 e. The lowest BCUT2D eigenvalue weighted by atomic mass is 9.77. The fraction of sp³-hybridized carbons (Fsp3) is 0.562. The molecule has 3 rings (SSSR count). The first-order chi connectivity index (χ1) is 9.74. The number of carbonyl (C=O) groups is 1. The van der Waals surface area contributed by atoms with E-state index in [9.17, 15) is 9.18 Å². The standard InChI is InChI=1S/C16H20FNO2/c17-14-6-2-1-5-13(14)16(7-3-4-8-16)15(19)18-9-11-20-12-10-18/h1-2,5-6H,3-4,7-12H2. The summed E-state index contributed by atoms with van der Waals surface area (Å²) in [5.41, 5.74) is -0.0723. The normalized spacial score (nSPS) is 21.9. The van der Waals surface area contributed by atoms with Crippen LogP contribution in [0.15, 0.2) is 24.3 Å². The Morgan fingerprint density at radius 1 is 1.15 bits per heavy atom. The highest BCUT2D eigenvalue weighted by molar-refractivity contribution is 5.88. The topological polar surface area (TPSA) is 29.5 Å². The molecule has 108 valence electrons. The van der Waals surface area contributed by atoms with Crippen LogP contribution in [-0.4, -0.2) is 37.1 Å². The molecule has 0 aromatic heterocycles. The average molecular weight is 277 g/mol. The zero-order valence-corrected chi connectivity index (χ0v) is 11.6. The summed E-state index contributed by atoms with van der Waals surface area (Å²) in [6, 6.07) is 6.74. The molecular weight excluding hydrogens is 257 g/mol. The van der Waals surface area contributed by atoms with Gasteiger partial charge in [-0.2, -0.15) is 0 Å². The molecular formula is C16H20FNO2. The van der Waals surface area contributed by atoms with Gasteiger partial charge >= 0.3 is 0 Å². The van der Waals surface area contributed by atoms with Crippen molar-refractivity contribution in [2.24, 2.45) is 0 Å². The summed E-state index contributed by atoms with van der Waals surface area (Å²) >= 11 is 0. The highest BCUT2D eigenvalue weighted by atomic mass is 19.1. The van der Waals surface area contributed by atoms with Crippen molar-refractivity contribution in [1.29, 1.82) is 0 Å². The van der Waals surface area contributed by atoms with E-state index in [4.69, 9.17) is 4.74 Å². The molecule has 0 unspecified atom stereocenters. The van der Waals surface area contributed by atoms with Crippen molar-refractivity contribution >= 4 is 5.91 Å². The van der Waals surface area contributed by atoms with Gasteiger partial charge < -0.3 is 9.64 Å². The van der Waals surface area contributed by atoms with Gasteiger partial charge in [0.1, 0.15) is 5.82 Å². The second-order valence-electron chi connectivity index (χ2n) is 5.67. The summed E-state index contributed by atoms with van der Waals surface area (Å²) in [5.74, 6) is -0.167. The van der Waals surface area contributed by atoms with Crippen molar-refractivity contribution in [2.45, 2.75) is 31.1 Å². The van der Waals surface area contributed by atoms with E-state index in [0.717, 1.165) is 25.7 Å². The lowest BCUT2D eigenvalue weighted by Crippen LogP contribution is -2.50. The van der Waals surface area contributed by atoms with Gasteiger partial charge in [0.05, 0.1) is 18.6 Å². The smallest absolute Gasteiger partial charge is 0.233 e. The van der Waals surface area contributed by atoms with Crippen molar-refractivity contribution in [3.05, 3.63) is 35.6 Å². The van der Waals surface area contributed by atoms with Crippen LogP contribution in [0.1, 0.15) is 31.2 Å². The number of nitrogens with zero attached hydrogens (tertiary/aromatic N) is 1. The third kappa shape index (κ3) is 2.22. The Morgan fingerprint density at radius 3 is 2.45 bits per heavy atom. The SMILES string of the molecule is O=C(N1CCOCC1)C1(c2ccccc2F)CCCC1. The maximum absolute atomic E-state index is 14.2. The van der Waals surface area contributed by atoms with Crippen LogP contribution < -0.4 is 0 Å². The highest BCUT2D eigenvalue weighted by Gasteiger charge is 2.46. The minimum atomic E-state index is -0.650. The van der Waals surface area contributed by atoms with Crippen molar-refractivity contribution < 1.29 is 13.9 Å². The molecule has 1 amide bonds. The first-order valence-electron chi connectivity index (χ1n) is 7.36. The van der Waals surface area contributed by atoms with Crippen LogP contribution in [0.2, 0.25) is 0 Å². The van der Waals surface area contributed by atoms with Gasteiger partial charge in [0.15, 0.2) is 0 Å². The zero-order chi connectivity index (χ0) is 14.0. The van der Waals surface area contributed by atoms with Gasteiger partial charge in [0.25, 0.3) is 0 Å². The Hall–Kier alpha value is -1.42. The molecule has 1 aromatic carbocycles. The van der Waals surface area contributed by atoms with Crippen molar-refractivity contribution in [3.63, 3.8) is 0 Å². The van der Waals surface area contributed by atoms with Crippen LogP contribution >= 0.6 is 0 Å². The number of hydrogen-bond donors (Lipinski definition) is 0. The predicted molar refractivity (Wildman–Crippen MR) is 73.9 cm³/mol. The van der Waals surface area contributed by atoms with E-state index in [1.54, 1.807) is 12.1 Å².